The Morgan fingerprint density at radius 1 is 1.17 bits per heavy atom. The first-order valence-electron chi connectivity index (χ1n) is 13.7. The van der Waals surface area contributed by atoms with Gasteiger partial charge in [0.05, 0.1) is 30.5 Å². The quantitative estimate of drug-likeness (QED) is 0.477. The molecule has 1 saturated carbocycles. The standard InChI is InChI=1S/C27H42N4O4Si/c1-36(2,3)12-11-33-18-31-24-14-26-22(13-20(24)15-29-31)19-6-8-21(9-7-19)34-16-25-23(28)5-4-10-30(25)27(32)17-35-26/h13-15,19,21,23,25H,4-12,16-18,28H2,1-3H3/t19?,21?,23-,25-/m0/s1. The van der Waals surface area contributed by atoms with Gasteiger partial charge >= 0.3 is 0 Å². The Hall–Kier alpha value is -1.94. The maximum Gasteiger partial charge on any atom is 0.260 e. The molecule has 0 spiro atoms. The zero-order valence-corrected chi connectivity index (χ0v) is 23.1. The number of amides is 1. The summed E-state index contributed by atoms with van der Waals surface area (Å²) in [5, 5.41) is 5.69. The van der Waals surface area contributed by atoms with Crippen molar-refractivity contribution in [1.29, 1.82) is 0 Å². The molecule has 6 rings (SSSR count). The van der Waals surface area contributed by atoms with E-state index in [-0.39, 0.29) is 30.7 Å². The molecule has 3 aliphatic heterocycles. The number of aromatic nitrogens is 2. The van der Waals surface area contributed by atoms with E-state index in [1.54, 1.807) is 0 Å². The van der Waals surface area contributed by atoms with Crippen molar-refractivity contribution in [1.82, 2.24) is 14.7 Å². The molecule has 1 amide bonds. The Labute approximate surface area is 215 Å². The van der Waals surface area contributed by atoms with Crippen LogP contribution in [0.4, 0.5) is 0 Å². The minimum Gasteiger partial charge on any atom is -0.483 e. The summed E-state index contributed by atoms with van der Waals surface area (Å²) in [7, 11) is -1.14. The van der Waals surface area contributed by atoms with Gasteiger partial charge in [-0.15, -0.1) is 0 Å². The second-order valence-corrected chi connectivity index (χ2v) is 17.6. The molecule has 8 nitrogen and oxygen atoms in total. The van der Waals surface area contributed by atoms with Crippen molar-refractivity contribution in [2.45, 2.75) is 95.0 Å². The second-order valence-electron chi connectivity index (χ2n) is 12.0. The third-order valence-corrected chi connectivity index (χ3v) is 9.81. The van der Waals surface area contributed by atoms with Gasteiger partial charge in [0.15, 0.2) is 6.61 Å². The highest BCUT2D eigenvalue weighted by atomic mass is 28.3. The van der Waals surface area contributed by atoms with Crippen LogP contribution in [0.25, 0.3) is 10.9 Å². The summed E-state index contributed by atoms with van der Waals surface area (Å²) in [6.45, 7) is 9.47. The first-order valence-corrected chi connectivity index (χ1v) is 17.4. The number of fused-ring (bicyclic) bond motifs is 6. The van der Waals surface area contributed by atoms with Gasteiger partial charge in [-0.25, -0.2) is 4.68 Å². The maximum atomic E-state index is 13.3. The van der Waals surface area contributed by atoms with E-state index in [0.717, 1.165) is 67.8 Å². The molecule has 4 aliphatic rings. The number of nitrogens with two attached hydrogens (primary N) is 1. The van der Waals surface area contributed by atoms with Gasteiger partial charge in [-0.05, 0) is 62.1 Å². The van der Waals surface area contributed by atoms with Crippen LogP contribution in [0.5, 0.6) is 5.75 Å². The Balaban J connectivity index is 1.40. The zero-order chi connectivity index (χ0) is 25.3. The summed E-state index contributed by atoms with van der Waals surface area (Å²) in [6.07, 6.45) is 8.13. The van der Waals surface area contributed by atoms with Gasteiger partial charge in [-0.3, -0.25) is 4.79 Å². The van der Waals surface area contributed by atoms with E-state index in [4.69, 9.17) is 19.9 Å². The molecule has 198 valence electrons. The Kier molecular flexibility index (Phi) is 7.72. The molecule has 9 heteroatoms. The summed E-state index contributed by atoms with van der Waals surface area (Å²) in [4.78, 5) is 15.2. The lowest BCUT2D eigenvalue weighted by Crippen LogP contribution is -2.57. The zero-order valence-electron chi connectivity index (χ0n) is 22.1. The molecule has 1 saturated heterocycles. The normalized spacial score (nSPS) is 27.6. The van der Waals surface area contributed by atoms with E-state index >= 15 is 0 Å². The van der Waals surface area contributed by atoms with E-state index in [9.17, 15) is 4.79 Å². The van der Waals surface area contributed by atoms with Crippen LogP contribution in [0.15, 0.2) is 18.3 Å². The number of benzene rings is 1. The van der Waals surface area contributed by atoms with Gasteiger partial charge in [0.2, 0.25) is 0 Å². The van der Waals surface area contributed by atoms with E-state index in [1.165, 1.54) is 5.56 Å². The topological polar surface area (TPSA) is 91.8 Å². The molecule has 2 aromatic rings. The Morgan fingerprint density at radius 3 is 2.75 bits per heavy atom. The highest BCUT2D eigenvalue weighted by Crippen LogP contribution is 2.41. The van der Waals surface area contributed by atoms with Crippen molar-refractivity contribution in [3.8, 4) is 5.75 Å². The highest BCUT2D eigenvalue weighted by molar-refractivity contribution is 6.76. The first kappa shape index (κ1) is 25.7. The molecule has 2 atom stereocenters. The summed E-state index contributed by atoms with van der Waals surface area (Å²) >= 11 is 0. The van der Waals surface area contributed by atoms with Crippen LogP contribution in [0, 0.1) is 0 Å². The molecule has 2 fully saturated rings. The first-order chi connectivity index (χ1) is 17.3. The number of carbonyl (C=O) groups is 1. The number of ether oxygens (including phenoxy) is 3. The fraction of sp³-hybridized carbons (Fsp3) is 0.704. The van der Waals surface area contributed by atoms with Gasteiger partial charge in [-0.1, -0.05) is 19.6 Å². The van der Waals surface area contributed by atoms with Gasteiger partial charge in [0, 0.05) is 38.7 Å². The average molecular weight is 515 g/mol. The summed E-state index contributed by atoms with van der Waals surface area (Å²) < 4.78 is 20.5. The minimum absolute atomic E-state index is 0.0126. The van der Waals surface area contributed by atoms with Crippen molar-refractivity contribution in [3.05, 3.63) is 23.9 Å². The van der Waals surface area contributed by atoms with Gasteiger partial charge in [0.25, 0.3) is 5.91 Å². The summed E-state index contributed by atoms with van der Waals surface area (Å²) in [6, 6.07) is 5.28. The van der Waals surface area contributed by atoms with Crippen LogP contribution >= 0.6 is 0 Å². The largest absolute Gasteiger partial charge is 0.483 e. The van der Waals surface area contributed by atoms with E-state index in [0.29, 0.717) is 25.8 Å². The molecule has 0 unspecified atom stereocenters. The number of nitrogens with zero attached hydrogens (tertiary/aromatic N) is 3. The van der Waals surface area contributed by atoms with Crippen LogP contribution < -0.4 is 10.5 Å². The average Bonchev–Trinajstić information content (AvgIpc) is 3.25. The molecule has 1 aromatic carbocycles. The number of rotatable bonds is 5. The molecule has 1 aromatic heterocycles. The van der Waals surface area contributed by atoms with Gasteiger partial charge in [0.1, 0.15) is 12.5 Å². The lowest BCUT2D eigenvalue weighted by atomic mass is 9.82. The third-order valence-electron chi connectivity index (χ3n) is 8.10. The van der Waals surface area contributed by atoms with Crippen LogP contribution in [0.2, 0.25) is 25.7 Å². The number of carbonyl (C=O) groups excluding carboxylic acids is 1. The van der Waals surface area contributed by atoms with Crippen molar-refractivity contribution in [3.63, 3.8) is 0 Å². The van der Waals surface area contributed by atoms with Gasteiger partial charge in [-0.2, -0.15) is 5.10 Å². The number of piperidine rings is 1. The van der Waals surface area contributed by atoms with Crippen LogP contribution in [-0.2, 0) is 21.0 Å². The van der Waals surface area contributed by atoms with E-state index in [2.05, 4.69) is 36.9 Å². The van der Waals surface area contributed by atoms with Crippen molar-refractivity contribution < 1.29 is 19.0 Å². The SMILES string of the molecule is C[Si](C)(C)CCOCn1ncc2cc3c(cc21)OCC(=O)N1CCC[C@H](N)[C@@H]1COC1CCC3CC1. The minimum atomic E-state index is -1.14. The van der Waals surface area contributed by atoms with Crippen LogP contribution in [-0.4, -0.2) is 73.2 Å². The molecule has 4 heterocycles. The molecule has 2 bridgehead atoms. The third kappa shape index (κ3) is 5.79. The van der Waals surface area contributed by atoms with E-state index in [1.807, 2.05) is 15.8 Å². The molecule has 1 aliphatic carbocycles. The van der Waals surface area contributed by atoms with E-state index < -0.39 is 8.07 Å². The summed E-state index contributed by atoms with van der Waals surface area (Å²) in [5.74, 6) is 1.17. The predicted octanol–water partition coefficient (Wildman–Crippen LogP) is 4.10. The van der Waals surface area contributed by atoms with Crippen molar-refractivity contribution in [2.75, 3.05) is 26.4 Å². The number of hydrogen-bond acceptors (Lipinski definition) is 6. The fourth-order valence-electron chi connectivity index (χ4n) is 5.81. The number of hydrogen-bond donors (Lipinski definition) is 1. The van der Waals surface area contributed by atoms with Crippen molar-refractivity contribution in [2.24, 2.45) is 5.73 Å². The molecule has 2 N–H and O–H groups in total. The fourth-order valence-corrected chi connectivity index (χ4v) is 6.56. The maximum absolute atomic E-state index is 13.3. The molecule has 0 radical (unpaired) electrons. The Bertz CT molecular complexity index is 1060. The predicted molar refractivity (Wildman–Crippen MR) is 143 cm³/mol. The monoisotopic (exact) mass is 514 g/mol. The van der Waals surface area contributed by atoms with Crippen LogP contribution in [0.1, 0.15) is 50.0 Å². The van der Waals surface area contributed by atoms with Crippen molar-refractivity contribution >= 4 is 24.9 Å². The highest BCUT2D eigenvalue weighted by Gasteiger charge is 2.35. The Morgan fingerprint density at radius 2 is 1.97 bits per heavy atom. The van der Waals surface area contributed by atoms with Crippen LogP contribution in [0.3, 0.4) is 0 Å². The lowest BCUT2D eigenvalue weighted by Gasteiger charge is -2.40. The molecular weight excluding hydrogens is 472 g/mol. The molecular formula is C27H42N4O4Si. The summed E-state index contributed by atoms with van der Waals surface area (Å²) in [5.41, 5.74) is 8.60. The second kappa shape index (κ2) is 10.8. The van der Waals surface area contributed by atoms with Gasteiger partial charge < -0.3 is 24.8 Å². The lowest BCUT2D eigenvalue weighted by molar-refractivity contribution is -0.140. The molecule has 36 heavy (non-hydrogen) atoms. The smallest absolute Gasteiger partial charge is 0.260 e.